The number of anilines is 1. The van der Waals surface area contributed by atoms with Gasteiger partial charge >= 0.3 is 6.03 Å². The number of hydrogen-bond acceptors (Lipinski definition) is 3. The van der Waals surface area contributed by atoms with Gasteiger partial charge in [0.15, 0.2) is 5.15 Å². The number of aliphatic hydroxyl groups is 1. The molecule has 0 fully saturated rings. The molecule has 1 unspecified atom stereocenters. The zero-order chi connectivity index (χ0) is 13.7. The van der Waals surface area contributed by atoms with Crippen molar-refractivity contribution in [3.05, 3.63) is 22.5 Å². The molecule has 3 N–H and O–H groups in total. The topological polar surface area (TPSA) is 74.2 Å². The van der Waals surface area contributed by atoms with Crippen LogP contribution in [0.25, 0.3) is 0 Å². The van der Waals surface area contributed by atoms with Gasteiger partial charge in [-0.2, -0.15) is 0 Å². The Kier molecular flexibility index (Phi) is 5.37. The Bertz CT molecular complexity index is 412. The number of hydrogen-bond donors (Lipinski definition) is 3. The van der Waals surface area contributed by atoms with Crippen molar-refractivity contribution in [3.63, 3.8) is 0 Å². The average Bonchev–Trinajstić information content (AvgIpc) is 2.22. The third-order valence-corrected chi connectivity index (χ3v) is 2.66. The molecule has 2 amide bonds. The molecule has 0 aliphatic heterocycles. The SMILES string of the molecule is Cc1cc(C)c(NC(=O)NCCC(C)O)c(Cl)n1. The van der Waals surface area contributed by atoms with E-state index in [0.29, 0.717) is 18.7 Å². The minimum absolute atomic E-state index is 0.276. The third-order valence-electron chi connectivity index (χ3n) is 2.39. The van der Waals surface area contributed by atoms with Crippen molar-refractivity contribution in [1.29, 1.82) is 0 Å². The molecule has 1 aromatic heterocycles. The fraction of sp³-hybridized carbons (Fsp3) is 0.500. The molecule has 5 nitrogen and oxygen atoms in total. The maximum Gasteiger partial charge on any atom is 0.319 e. The molecular weight excluding hydrogens is 254 g/mol. The third kappa shape index (κ3) is 4.50. The number of nitrogens with one attached hydrogen (secondary N) is 2. The molecule has 1 heterocycles. The molecule has 0 saturated heterocycles. The van der Waals surface area contributed by atoms with Crippen LogP contribution >= 0.6 is 11.6 Å². The fourth-order valence-corrected chi connectivity index (χ4v) is 1.82. The number of nitrogens with zero attached hydrogens (tertiary/aromatic N) is 1. The highest BCUT2D eigenvalue weighted by atomic mass is 35.5. The summed E-state index contributed by atoms with van der Waals surface area (Å²) in [5, 5.41) is 14.6. The van der Waals surface area contributed by atoms with Gasteiger partial charge in [0, 0.05) is 12.2 Å². The van der Waals surface area contributed by atoms with Crippen LogP contribution in [-0.4, -0.2) is 28.8 Å². The van der Waals surface area contributed by atoms with Crippen LogP contribution in [-0.2, 0) is 0 Å². The number of urea groups is 1. The Hall–Kier alpha value is -1.33. The number of aliphatic hydroxyl groups excluding tert-OH is 1. The molecule has 1 rings (SSSR count). The number of rotatable bonds is 4. The minimum atomic E-state index is -0.434. The number of pyridine rings is 1. The van der Waals surface area contributed by atoms with Crippen molar-refractivity contribution in [1.82, 2.24) is 10.3 Å². The van der Waals surface area contributed by atoms with Gasteiger partial charge in [-0.1, -0.05) is 11.6 Å². The van der Waals surface area contributed by atoms with Crippen LogP contribution in [0.2, 0.25) is 5.15 Å². The Balaban J connectivity index is 2.59. The van der Waals surface area contributed by atoms with Gasteiger partial charge < -0.3 is 15.7 Å². The van der Waals surface area contributed by atoms with E-state index in [1.54, 1.807) is 6.92 Å². The van der Waals surface area contributed by atoms with Gasteiger partial charge in [-0.25, -0.2) is 9.78 Å². The smallest absolute Gasteiger partial charge is 0.319 e. The lowest BCUT2D eigenvalue weighted by atomic mass is 10.2. The standard InChI is InChI=1S/C12H18ClN3O2/c1-7-6-8(2)15-11(13)10(7)16-12(18)14-5-4-9(3)17/h6,9,17H,4-5H2,1-3H3,(H2,14,16,18). The summed E-state index contributed by atoms with van der Waals surface area (Å²) in [6, 6.07) is 1.49. The van der Waals surface area contributed by atoms with Crippen molar-refractivity contribution in [2.24, 2.45) is 0 Å². The normalized spacial score (nSPS) is 12.1. The Morgan fingerprint density at radius 1 is 1.56 bits per heavy atom. The van der Waals surface area contributed by atoms with Crippen LogP contribution in [0.1, 0.15) is 24.6 Å². The number of aromatic nitrogens is 1. The number of carbonyl (C=O) groups is 1. The Morgan fingerprint density at radius 2 is 2.22 bits per heavy atom. The lowest BCUT2D eigenvalue weighted by Crippen LogP contribution is -2.31. The summed E-state index contributed by atoms with van der Waals surface area (Å²) >= 11 is 5.97. The van der Waals surface area contributed by atoms with Gasteiger partial charge in [0.05, 0.1) is 11.8 Å². The monoisotopic (exact) mass is 271 g/mol. The number of amides is 2. The summed E-state index contributed by atoms with van der Waals surface area (Å²) in [7, 11) is 0. The summed E-state index contributed by atoms with van der Waals surface area (Å²) in [6.45, 7) is 5.77. The molecule has 1 atom stereocenters. The van der Waals surface area contributed by atoms with Crippen LogP contribution in [0.4, 0.5) is 10.5 Å². The van der Waals surface area contributed by atoms with E-state index >= 15 is 0 Å². The van der Waals surface area contributed by atoms with Crippen LogP contribution in [0, 0.1) is 13.8 Å². The summed E-state index contributed by atoms with van der Waals surface area (Å²) in [4.78, 5) is 15.7. The van der Waals surface area contributed by atoms with Crippen molar-refractivity contribution in [3.8, 4) is 0 Å². The zero-order valence-corrected chi connectivity index (χ0v) is 11.5. The molecule has 0 spiro atoms. The predicted molar refractivity (Wildman–Crippen MR) is 72.0 cm³/mol. The van der Waals surface area contributed by atoms with Crippen molar-refractivity contribution >= 4 is 23.3 Å². The van der Waals surface area contributed by atoms with Crippen molar-refractivity contribution < 1.29 is 9.90 Å². The second kappa shape index (κ2) is 6.56. The Morgan fingerprint density at radius 3 is 2.78 bits per heavy atom. The first kappa shape index (κ1) is 14.7. The summed E-state index contributed by atoms with van der Waals surface area (Å²) < 4.78 is 0. The van der Waals surface area contributed by atoms with E-state index in [1.165, 1.54) is 0 Å². The molecule has 0 aromatic carbocycles. The van der Waals surface area contributed by atoms with Gasteiger partial charge in [0.1, 0.15) is 0 Å². The molecule has 1 aromatic rings. The molecule has 6 heteroatoms. The average molecular weight is 272 g/mol. The van der Waals surface area contributed by atoms with Crippen molar-refractivity contribution in [2.75, 3.05) is 11.9 Å². The van der Waals surface area contributed by atoms with Gasteiger partial charge in [0.25, 0.3) is 0 Å². The van der Waals surface area contributed by atoms with E-state index in [1.807, 2.05) is 19.9 Å². The van der Waals surface area contributed by atoms with Gasteiger partial charge in [-0.3, -0.25) is 0 Å². The van der Waals surface area contributed by atoms with Crippen molar-refractivity contribution in [2.45, 2.75) is 33.3 Å². The summed E-state index contributed by atoms with van der Waals surface area (Å²) in [5.74, 6) is 0. The highest BCUT2D eigenvalue weighted by molar-refractivity contribution is 6.32. The number of aryl methyl sites for hydroxylation is 2. The second-order valence-corrected chi connectivity index (χ2v) is 4.62. The van der Waals surface area contributed by atoms with E-state index in [4.69, 9.17) is 16.7 Å². The molecule has 0 bridgehead atoms. The quantitative estimate of drug-likeness (QED) is 0.735. The Labute approximate surface area is 112 Å². The summed E-state index contributed by atoms with van der Waals surface area (Å²) in [5.41, 5.74) is 2.17. The lowest BCUT2D eigenvalue weighted by Gasteiger charge is -2.12. The first-order chi connectivity index (χ1) is 8.40. The molecule has 0 radical (unpaired) electrons. The maximum absolute atomic E-state index is 11.6. The van der Waals surface area contributed by atoms with Gasteiger partial charge in [-0.05, 0) is 38.8 Å². The number of carbonyl (C=O) groups excluding carboxylic acids is 1. The van der Waals surface area contributed by atoms with Crippen LogP contribution in [0.5, 0.6) is 0 Å². The van der Waals surface area contributed by atoms with Crippen LogP contribution in [0.3, 0.4) is 0 Å². The molecular formula is C12H18ClN3O2. The molecule has 0 aliphatic carbocycles. The van der Waals surface area contributed by atoms with E-state index in [2.05, 4.69) is 15.6 Å². The van der Waals surface area contributed by atoms with E-state index in [0.717, 1.165) is 11.3 Å². The predicted octanol–water partition coefficient (Wildman–Crippen LogP) is 2.24. The van der Waals surface area contributed by atoms with E-state index in [-0.39, 0.29) is 11.2 Å². The largest absolute Gasteiger partial charge is 0.393 e. The van der Waals surface area contributed by atoms with Gasteiger partial charge in [0.2, 0.25) is 0 Å². The molecule has 18 heavy (non-hydrogen) atoms. The maximum atomic E-state index is 11.6. The highest BCUT2D eigenvalue weighted by Crippen LogP contribution is 2.24. The summed E-state index contributed by atoms with van der Waals surface area (Å²) in [6.07, 6.45) is 0.0726. The highest BCUT2D eigenvalue weighted by Gasteiger charge is 2.10. The molecule has 0 aliphatic rings. The molecule has 100 valence electrons. The van der Waals surface area contributed by atoms with E-state index < -0.39 is 6.10 Å². The van der Waals surface area contributed by atoms with Gasteiger partial charge in [-0.15, -0.1) is 0 Å². The first-order valence-corrected chi connectivity index (χ1v) is 6.14. The minimum Gasteiger partial charge on any atom is -0.393 e. The molecule has 0 saturated carbocycles. The van der Waals surface area contributed by atoms with E-state index in [9.17, 15) is 4.79 Å². The zero-order valence-electron chi connectivity index (χ0n) is 10.7. The fourth-order valence-electron chi connectivity index (χ4n) is 1.49. The second-order valence-electron chi connectivity index (χ2n) is 4.26. The van der Waals surface area contributed by atoms with Crippen LogP contribution in [0.15, 0.2) is 6.07 Å². The first-order valence-electron chi connectivity index (χ1n) is 5.77. The van der Waals surface area contributed by atoms with Crippen LogP contribution < -0.4 is 10.6 Å². The lowest BCUT2D eigenvalue weighted by molar-refractivity contribution is 0.184. The number of halogens is 1.